The summed E-state index contributed by atoms with van der Waals surface area (Å²) in [7, 11) is 0. The maximum absolute atomic E-state index is 12.4. The zero-order valence-electron chi connectivity index (χ0n) is 12.1. The van der Waals surface area contributed by atoms with Gasteiger partial charge in [-0.25, -0.2) is 4.79 Å². The van der Waals surface area contributed by atoms with E-state index in [1.165, 1.54) is 6.08 Å². The third-order valence-electron chi connectivity index (χ3n) is 3.42. The summed E-state index contributed by atoms with van der Waals surface area (Å²) in [5.41, 5.74) is 2.76. The Hall–Kier alpha value is -3.34. The Bertz CT molecular complexity index is 892. The summed E-state index contributed by atoms with van der Waals surface area (Å²) in [5.74, 6) is -1.20. The van der Waals surface area contributed by atoms with Crippen LogP contribution in [0.4, 0.5) is 5.69 Å². The van der Waals surface area contributed by atoms with Crippen LogP contribution in [0.2, 0.25) is 0 Å². The van der Waals surface area contributed by atoms with Crippen molar-refractivity contribution in [3.8, 4) is 0 Å². The minimum Gasteiger partial charge on any atom is -0.478 e. The number of hydrogen-bond donors (Lipinski definition) is 3. The van der Waals surface area contributed by atoms with Gasteiger partial charge in [0.15, 0.2) is 0 Å². The number of benzene rings is 2. The molecule has 0 bridgehead atoms. The van der Waals surface area contributed by atoms with Crippen molar-refractivity contribution in [2.24, 2.45) is 0 Å². The van der Waals surface area contributed by atoms with Gasteiger partial charge in [0.05, 0.1) is 11.1 Å². The molecule has 3 rings (SSSR count). The maximum Gasteiger partial charge on any atom is 0.328 e. The second kappa shape index (κ2) is 6.19. The molecule has 0 spiro atoms. The fourth-order valence-corrected chi connectivity index (χ4v) is 2.32. The van der Waals surface area contributed by atoms with Crippen LogP contribution in [0.25, 0.3) is 17.0 Å². The van der Waals surface area contributed by atoms with E-state index in [-0.39, 0.29) is 5.91 Å². The predicted octanol–water partition coefficient (Wildman–Crippen LogP) is 3.52. The Morgan fingerprint density at radius 3 is 2.57 bits per heavy atom. The number of para-hydroxylation sites is 1. The van der Waals surface area contributed by atoms with E-state index >= 15 is 0 Å². The fraction of sp³-hybridized carbons (Fsp3) is 0. The van der Waals surface area contributed by atoms with Crippen molar-refractivity contribution in [2.75, 3.05) is 5.32 Å². The molecule has 0 aliphatic heterocycles. The van der Waals surface area contributed by atoms with E-state index in [2.05, 4.69) is 10.3 Å². The van der Waals surface area contributed by atoms with Crippen molar-refractivity contribution in [1.29, 1.82) is 0 Å². The number of amides is 1. The first-order valence-corrected chi connectivity index (χ1v) is 7.02. The first kappa shape index (κ1) is 14.6. The molecule has 5 heteroatoms. The first-order valence-electron chi connectivity index (χ1n) is 7.02. The van der Waals surface area contributed by atoms with Gasteiger partial charge in [-0.05, 0) is 35.9 Å². The number of anilines is 1. The van der Waals surface area contributed by atoms with Gasteiger partial charge in [-0.3, -0.25) is 4.79 Å². The highest BCUT2D eigenvalue weighted by Gasteiger charge is 2.10. The fourth-order valence-electron chi connectivity index (χ4n) is 2.32. The second-order valence-electron chi connectivity index (χ2n) is 5.00. The summed E-state index contributed by atoms with van der Waals surface area (Å²) in [6, 6.07) is 14.4. The molecule has 0 radical (unpaired) electrons. The van der Waals surface area contributed by atoms with Crippen LogP contribution in [-0.2, 0) is 4.79 Å². The molecule has 0 aliphatic rings. The average molecular weight is 306 g/mol. The summed E-state index contributed by atoms with van der Waals surface area (Å²) in [5, 5.41) is 12.4. The topological polar surface area (TPSA) is 82.2 Å². The van der Waals surface area contributed by atoms with Crippen LogP contribution in [0.1, 0.15) is 15.9 Å². The van der Waals surface area contributed by atoms with E-state index in [1.54, 1.807) is 36.5 Å². The van der Waals surface area contributed by atoms with Crippen molar-refractivity contribution in [1.82, 2.24) is 4.98 Å². The Labute approximate surface area is 132 Å². The molecule has 0 fully saturated rings. The van der Waals surface area contributed by atoms with E-state index in [4.69, 9.17) is 5.11 Å². The van der Waals surface area contributed by atoms with E-state index in [0.29, 0.717) is 11.3 Å². The predicted molar refractivity (Wildman–Crippen MR) is 89.4 cm³/mol. The van der Waals surface area contributed by atoms with Gasteiger partial charge in [-0.1, -0.05) is 24.3 Å². The summed E-state index contributed by atoms with van der Waals surface area (Å²) in [6.07, 6.45) is 4.36. The number of aromatic nitrogens is 1. The van der Waals surface area contributed by atoms with Gasteiger partial charge in [-0.2, -0.15) is 0 Å². The average Bonchev–Trinajstić information content (AvgIpc) is 3.02. The summed E-state index contributed by atoms with van der Waals surface area (Å²) in [4.78, 5) is 25.9. The molecular weight excluding hydrogens is 292 g/mol. The molecule has 0 unspecified atom stereocenters. The summed E-state index contributed by atoms with van der Waals surface area (Å²) >= 11 is 0. The molecule has 1 aromatic heterocycles. The van der Waals surface area contributed by atoms with Crippen molar-refractivity contribution < 1.29 is 14.7 Å². The van der Waals surface area contributed by atoms with Crippen molar-refractivity contribution >= 4 is 34.5 Å². The summed E-state index contributed by atoms with van der Waals surface area (Å²) < 4.78 is 0. The molecule has 0 saturated carbocycles. The number of H-pyrrole nitrogens is 1. The normalized spacial score (nSPS) is 11.0. The molecule has 0 aliphatic carbocycles. The number of rotatable bonds is 4. The third-order valence-corrected chi connectivity index (χ3v) is 3.42. The van der Waals surface area contributed by atoms with Crippen LogP contribution in [0.3, 0.4) is 0 Å². The van der Waals surface area contributed by atoms with Gasteiger partial charge in [0.25, 0.3) is 5.91 Å². The minimum atomic E-state index is -0.999. The highest BCUT2D eigenvalue weighted by atomic mass is 16.4. The smallest absolute Gasteiger partial charge is 0.328 e. The zero-order chi connectivity index (χ0) is 16.2. The molecule has 2 aromatic carbocycles. The van der Waals surface area contributed by atoms with Crippen LogP contribution in [0.15, 0.2) is 60.8 Å². The number of nitrogens with one attached hydrogen (secondary N) is 2. The van der Waals surface area contributed by atoms with Crippen molar-refractivity contribution in [2.45, 2.75) is 0 Å². The van der Waals surface area contributed by atoms with Crippen molar-refractivity contribution in [3.63, 3.8) is 0 Å². The second-order valence-corrected chi connectivity index (χ2v) is 5.00. The monoisotopic (exact) mass is 306 g/mol. The summed E-state index contributed by atoms with van der Waals surface area (Å²) in [6.45, 7) is 0. The van der Waals surface area contributed by atoms with Gasteiger partial charge in [-0.15, -0.1) is 0 Å². The highest BCUT2D eigenvalue weighted by molar-refractivity contribution is 6.12. The van der Waals surface area contributed by atoms with Crippen LogP contribution < -0.4 is 5.32 Å². The number of aliphatic carboxylic acids is 1. The number of carboxylic acid groups (broad SMARTS) is 1. The number of fused-ring (bicyclic) bond motifs is 1. The maximum atomic E-state index is 12.4. The lowest BCUT2D eigenvalue weighted by atomic mass is 10.1. The minimum absolute atomic E-state index is 0.202. The number of carboxylic acids is 1. The van der Waals surface area contributed by atoms with Gasteiger partial charge >= 0.3 is 5.97 Å². The van der Waals surface area contributed by atoms with Crippen LogP contribution >= 0.6 is 0 Å². The number of hydrogen-bond acceptors (Lipinski definition) is 2. The third kappa shape index (κ3) is 3.29. The van der Waals surface area contributed by atoms with Gasteiger partial charge < -0.3 is 15.4 Å². The lowest BCUT2D eigenvalue weighted by Gasteiger charge is -2.06. The zero-order valence-corrected chi connectivity index (χ0v) is 12.1. The van der Waals surface area contributed by atoms with E-state index in [9.17, 15) is 9.59 Å². The molecular formula is C18H14N2O3. The number of aromatic amines is 1. The Balaban J connectivity index is 1.78. The first-order chi connectivity index (χ1) is 11.1. The van der Waals surface area contributed by atoms with Gasteiger partial charge in [0, 0.05) is 23.3 Å². The standard InChI is InChI=1S/C18H14N2O3/c21-16(22)9-6-12-4-7-14(8-5-12)20-18(23)15-3-1-2-13-10-11-19-17(13)15/h1-11,19H,(H,20,23)(H,21,22). The van der Waals surface area contributed by atoms with E-state index < -0.39 is 5.97 Å². The lowest BCUT2D eigenvalue weighted by molar-refractivity contribution is -0.131. The molecule has 1 heterocycles. The molecule has 3 N–H and O–H groups in total. The molecule has 23 heavy (non-hydrogen) atoms. The molecule has 0 atom stereocenters. The molecule has 3 aromatic rings. The van der Waals surface area contributed by atoms with Crippen LogP contribution in [0, 0.1) is 0 Å². The molecule has 1 amide bonds. The number of carbonyl (C=O) groups is 2. The van der Waals surface area contributed by atoms with E-state index in [0.717, 1.165) is 22.5 Å². The SMILES string of the molecule is O=C(O)C=Cc1ccc(NC(=O)c2cccc3cc[nH]c23)cc1. The van der Waals surface area contributed by atoms with Crippen LogP contribution in [-0.4, -0.2) is 22.0 Å². The van der Waals surface area contributed by atoms with E-state index in [1.807, 2.05) is 18.2 Å². The van der Waals surface area contributed by atoms with Crippen LogP contribution in [0.5, 0.6) is 0 Å². The number of carbonyl (C=O) groups excluding carboxylic acids is 1. The molecule has 0 saturated heterocycles. The largest absolute Gasteiger partial charge is 0.478 e. The Morgan fingerprint density at radius 2 is 1.83 bits per heavy atom. The Morgan fingerprint density at radius 1 is 1.04 bits per heavy atom. The van der Waals surface area contributed by atoms with Gasteiger partial charge in [0.2, 0.25) is 0 Å². The Kier molecular flexibility index (Phi) is 3.93. The quantitative estimate of drug-likeness (QED) is 0.645. The van der Waals surface area contributed by atoms with Gasteiger partial charge in [0.1, 0.15) is 0 Å². The highest BCUT2D eigenvalue weighted by Crippen LogP contribution is 2.19. The lowest BCUT2D eigenvalue weighted by Crippen LogP contribution is -2.12. The molecule has 5 nitrogen and oxygen atoms in total. The van der Waals surface area contributed by atoms with Crippen molar-refractivity contribution in [3.05, 3.63) is 71.9 Å². The molecule has 114 valence electrons.